The van der Waals surface area contributed by atoms with E-state index in [-0.39, 0.29) is 33.8 Å². The summed E-state index contributed by atoms with van der Waals surface area (Å²) >= 11 is 0. The first kappa shape index (κ1) is 51.0. The molecule has 0 unspecified atom stereocenters. The molecule has 0 radical (unpaired) electrons. The first-order chi connectivity index (χ1) is 36.7. The summed E-state index contributed by atoms with van der Waals surface area (Å²) in [6.07, 6.45) is 9.65. The van der Waals surface area contributed by atoms with Crippen LogP contribution in [0.4, 0.5) is 0 Å². The number of rotatable bonds is 6. The van der Waals surface area contributed by atoms with Crippen LogP contribution in [0.1, 0.15) is 132 Å². The highest BCUT2D eigenvalue weighted by molar-refractivity contribution is 6.98. The maximum Gasteiger partial charge on any atom is 0.268 e. The molecule has 12 rings (SSSR count). The monoisotopic (exact) mass is 1030 g/mol. The molecule has 3 aromatic heterocycles. The molecule has 0 saturated heterocycles. The van der Waals surface area contributed by atoms with Gasteiger partial charge in [-0.15, -0.1) is 0 Å². The maximum absolute atomic E-state index is 7.02. The van der Waals surface area contributed by atoms with Crippen LogP contribution in [0.5, 0.6) is 34.5 Å². The van der Waals surface area contributed by atoms with Crippen LogP contribution in [0.15, 0.2) is 158 Å². The number of pyridine rings is 1. The van der Waals surface area contributed by atoms with E-state index in [1.165, 1.54) is 22.3 Å². The molecule has 8 heteroatoms. The van der Waals surface area contributed by atoms with Crippen molar-refractivity contribution in [1.29, 1.82) is 0 Å². The average Bonchev–Trinajstić information content (AvgIpc) is 3.05. The Morgan fingerprint density at radius 1 is 0.487 bits per heavy atom. The molecule has 2 aliphatic rings. The largest absolute Gasteiger partial charge is 0.458 e. The molecule has 5 heterocycles. The van der Waals surface area contributed by atoms with Gasteiger partial charge in [0.05, 0.1) is 22.4 Å². The third-order valence-corrected chi connectivity index (χ3v) is 16.0. The van der Waals surface area contributed by atoms with Gasteiger partial charge in [-0.3, -0.25) is 13.7 Å². The second-order valence-corrected chi connectivity index (χ2v) is 26.9. The zero-order chi connectivity index (χ0) is 55.0. The Morgan fingerprint density at radius 3 is 1.73 bits per heavy atom. The molecule has 78 heavy (non-hydrogen) atoms. The van der Waals surface area contributed by atoms with Gasteiger partial charge in [0.1, 0.15) is 40.3 Å². The van der Waals surface area contributed by atoms with E-state index in [9.17, 15) is 0 Å². The summed E-state index contributed by atoms with van der Waals surface area (Å²) in [5.41, 5.74) is 15.4. The van der Waals surface area contributed by atoms with Gasteiger partial charge in [-0.2, -0.15) is 0 Å². The van der Waals surface area contributed by atoms with Crippen LogP contribution >= 0.6 is 0 Å². The Balaban J connectivity index is 0.977. The fraction of sp³-hybridized carbons (Fsp3) is 0.286. The molecule has 392 valence electrons. The summed E-state index contributed by atoms with van der Waals surface area (Å²) in [7, 11) is 0. The smallest absolute Gasteiger partial charge is 0.268 e. The van der Waals surface area contributed by atoms with E-state index in [0.29, 0.717) is 0 Å². The minimum absolute atomic E-state index is 0.0313. The van der Waals surface area contributed by atoms with Crippen LogP contribution in [0.2, 0.25) is 0 Å². The van der Waals surface area contributed by atoms with Crippen molar-refractivity contribution in [2.75, 3.05) is 0 Å². The van der Waals surface area contributed by atoms with Crippen LogP contribution < -0.4 is 35.2 Å². The molecule has 2 aliphatic heterocycles. The molecule has 0 spiro atoms. The number of aromatic nitrogens is 4. The van der Waals surface area contributed by atoms with E-state index in [1.54, 1.807) is 0 Å². The molecule has 0 saturated carbocycles. The minimum atomic E-state index is -0.146. The van der Waals surface area contributed by atoms with Gasteiger partial charge in [0.15, 0.2) is 0 Å². The standard InChI is InChI=1S/C70H71BN4O3/c1-66(2,3)45-17-16-18-50(34-45)73-29-30-74(42-73)51-35-49(70(13,14)15)36-53(40-51)76-52-22-23-54-55-31-43(19-26-58(55)75(59(54)41-52)64-39-48(27-28-72-64)69(10,11)12)44-32-62-65-63(33-44)78-61-38-47(68(7,8)9)21-25-57(61)71(65)56-24-20-46(67(4,5)6)37-60(56)77-62/h16-41H,1-15H3. The lowest BCUT2D eigenvalue weighted by Gasteiger charge is -2.35. The topological polar surface area (TPSA) is 54.3 Å². The van der Waals surface area contributed by atoms with Crippen LogP contribution in [-0.2, 0) is 27.1 Å². The lowest BCUT2D eigenvalue weighted by atomic mass is 9.34. The Bertz CT molecular complexity index is 3960. The quantitative estimate of drug-likeness (QED) is 0.0946. The summed E-state index contributed by atoms with van der Waals surface area (Å²) in [6.45, 7) is 33.7. The van der Waals surface area contributed by atoms with Gasteiger partial charge in [-0.05, 0) is 168 Å². The molecule has 0 atom stereocenters. The first-order valence-corrected chi connectivity index (χ1v) is 27.6. The van der Waals surface area contributed by atoms with E-state index in [1.807, 2.05) is 6.20 Å². The zero-order valence-corrected chi connectivity index (χ0v) is 48.1. The summed E-state index contributed by atoms with van der Waals surface area (Å²) in [5, 5.41) is 2.19. The van der Waals surface area contributed by atoms with E-state index >= 15 is 0 Å². The van der Waals surface area contributed by atoms with Crippen LogP contribution in [0.25, 0.3) is 50.1 Å². The Hall–Kier alpha value is -7.84. The molecule has 0 aliphatic carbocycles. The molecule has 7 aromatic carbocycles. The van der Waals surface area contributed by atoms with Crippen molar-refractivity contribution < 1.29 is 18.8 Å². The minimum Gasteiger partial charge on any atom is -0.458 e. The summed E-state index contributed by atoms with van der Waals surface area (Å²) in [5.74, 6) is 5.76. The van der Waals surface area contributed by atoms with Crippen molar-refractivity contribution >= 4 is 44.9 Å². The van der Waals surface area contributed by atoms with Gasteiger partial charge in [0, 0.05) is 40.9 Å². The van der Waals surface area contributed by atoms with E-state index in [0.717, 1.165) is 107 Å². The van der Waals surface area contributed by atoms with Crippen LogP contribution in [0, 0.1) is 6.33 Å². The van der Waals surface area contributed by atoms with Gasteiger partial charge in [0.25, 0.3) is 13.0 Å². The number of fused-ring (bicyclic) bond motifs is 7. The van der Waals surface area contributed by atoms with Crippen molar-refractivity contribution in [1.82, 2.24) is 14.1 Å². The molecular weight excluding hydrogens is 956 g/mol. The van der Waals surface area contributed by atoms with E-state index in [4.69, 9.17) is 19.2 Å². The summed E-state index contributed by atoms with van der Waals surface area (Å²) in [4.78, 5) is 5.06. The van der Waals surface area contributed by atoms with Crippen molar-refractivity contribution in [3.05, 3.63) is 192 Å². The number of hydrogen-bond donors (Lipinski definition) is 0. The molecule has 10 aromatic rings. The fourth-order valence-corrected chi connectivity index (χ4v) is 11.2. The number of benzene rings is 7. The molecule has 0 bridgehead atoms. The van der Waals surface area contributed by atoms with Gasteiger partial charge < -0.3 is 14.2 Å². The second kappa shape index (κ2) is 17.9. The van der Waals surface area contributed by atoms with Gasteiger partial charge in [0.2, 0.25) is 0 Å². The highest BCUT2D eigenvalue weighted by atomic mass is 16.5. The first-order valence-electron chi connectivity index (χ1n) is 27.6. The molecular formula is C70H71BN4O3. The SMILES string of the molecule is CC(C)(C)c1cc(Oc2ccc3c4cc(-c5cc6c7c(c5)Oc5cc(C(C)(C)C)ccc5B7c5ccc(C(C)(C)C)cc5O6)ccc4n(-c4cc(C(C)(C)C)ccn4)c3c2)cc(-n2[c-][n+](-c3cccc(C(C)(C)C)c3)cc2)c1. The molecule has 7 nitrogen and oxygen atoms in total. The van der Waals surface area contributed by atoms with Gasteiger partial charge in [-0.1, -0.05) is 146 Å². The van der Waals surface area contributed by atoms with E-state index in [2.05, 4.69) is 276 Å². The Labute approximate surface area is 461 Å². The van der Waals surface area contributed by atoms with Crippen molar-refractivity contribution in [3.63, 3.8) is 0 Å². The van der Waals surface area contributed by atoms with Crippen molar-refractivity contribution in [2.24, 2.45) is 0 Å². The Morgan fingerprint density at radius 2 is 1.10 bits per heavy atom. The fourth-order valence-electron chi connectivity index (χ4n) is 11.2. The molecule has 0 N–H and O–H groups in total. The highest BCUT2D eigenvalue weighted by Gasteiger charge is 2.41. The normalized spacial score (nSPS) is 13.5. The number of imidazole rings is 1. The molecule has 0 fully saturated rings. The maximum atomic E-state index is 7.02. The van der Waals surface area contributed by atoms with Crippen molar-refractivity contribution in [3.8, 4) is 62.8 Å². The van der Waals surface area contributed by atoms with Crippen LogP contribution in [-0.4, -0.2) is 20.8 Å². The highest BCUT2D eigenvalue weighted by Crippen LogP contribution is 2.43. The van der Waals surface area contributed by atoms with E-state index < -0.39 is 0 Å². The zero-order valence-electron chi connectivity index (χ0n) is 48.1. The lowest BCUT2D eigenvalue weighted by Crippen LogP contribution is -2.57. The second-order valence-electron chi connectivity index (χ2n) is 26.9. The Kier molecular flexibility index (Phi) is 11.7. The number of nitrogens with zero attached hydrogens (tertiary/aromatic N) is 4. The average molecular weight is 1030 g/mol. The summed E-state index contributed by atoms with van der Waals surface area (Å²) in [6, 6.07) is 50.8. The van der Waals surface area contributed by atoms with Crippen LogP contribution in [0.3, 0.4) is 0 Å². The molecule has 0 amide bonds. The number of ether oxygens (including phenoxy) is 3. The lowest BCUT2D eigenvalue weighted by molar-refractivity contribution is -0.599. The third-order valence-electron chi connectivity index (χ3n) is 16.0. The summed E-state index contributed by atoms with van der Waals surface area (Å²) < 4.78 is 27.4. The predicted octanol–water partition coefficient (Wildman–Crippen LogP) is 15.7. The predicted molar refractivity (Wildman–Crippen MR) is 321 cm³/mol. The van der Waals surface area contributed by atoms with Gasteiger partial charge >= 0.3 is 0 Å². The number of hydrogen-bond acceptors (Lipinski definition) is 4. The third kappa shape index (κ3) is 9.17. The van der Waals surface area contributed by atoms with Gasteiger partial charge in [-0.25, -0.2) is 4.98 Å². The van der Waals surface area contributed by atoms with Crippen molar-refractivity contribution in [2.45, 2.75) is 131 Å².